The Bertz CT molecular complexity index is 1430. The predicted molar refractivity (Wildman–Crippen MR) is 137 cm³/mol. The number of rotatable bonds is 5. The van der Waals surface area contributed by atoms with Crippen molar-refractivity contribution in [1.82, 2.24) is 19.7 Å². The van der Waals surface area contributed by atoms with Gasteiger partial charge < -0.3 is 14.5 Å². The van der Waals surface area contributed by atoms with Gasteiger partial charge in [0, 0.05) is 44.1 Å². The second-order valence-electron chi connectivity index (χ2n) is 8.67. The number of anilines is 1. The van der Waals surface area contributed by atoms with E-state index in [0.717, 1.165) is 16.8 Å². The van der Waals surface area contributed by atoms with Crippen LogP contribution in [0.2, 0.25) is 0 Å². The highest BCUT2D eigenvalue weighted by Crippen LogP contribution is 2.28. The molecule has 2 aromatic heterocycles. The first-order valence-corrected chi connectivity index (χ1v) is 11.8. The van der Waals surface area contributed by atoms with Crippen molar-refractivity contribution in [2.45, 2.75) is 6.92 Å². The molecule has 8 nitrogen and oxygen atoms in total. The zero-order chi connectivity index (χ0) is 25.1. The monoisotopic (exact) mass is 478 g/mol. The van der Waals surface area contributed by atoms with Gasteiger partial charge in [-0.2, -0.15) is 10.4 Å². The van der Waals surface area contributed by atoms with Crippen LogP contribution in [-0.4, -0.2) is 58.9 Å². The van der Waals surface area contributed by atoms with Crippen molar-refractivity contribution in [3.63, 3.8) is 0 Å². The molecule has 1 saturated heterocycles. The SMILES string of the molecule is COc1cccc(-c2nn(-c3ccc(C)cc3)cc2C(=O)N2CCN(c3ncccc3C#N)CC2)c1. The summed E-state index contributed by atoms with van der Waals surface area (Å²) >= 11 is 0. The third-order valence-corrected chi connectivity index (χ3v) is 6.36. The molecule has 1 aliphatic heterocycles. The van der Waals surface area contributed by atoms with Crippen LogP contribution in [0, 0.1) is 18.3 Å². The van der Waals surface area contributed by atoms with Gasteiger partial charge in [-0.05, 0) is 43.3 Å². The molecule has 2 aromatic carbocycles. The smallest absolute Gasteiger partial charge is 0.257 e. The highest BCUT2D eigenvalue weighted by atomic mass is 16.5. The van der Waals surface area contributed by atoms with Gasteiger partial charge in [0.2, 0.25) is 0 Å². The molecule has 0 radical (unpaired) electrons. The molecule has 1 amide bonds. The van der Waals surface area contributed by atoms with Crippen LogP contribution in [0.25, 0.3) is 16.9 Å². The van der Waals surface area contributed by atoms with Crippen molar-refractivity contribution in [1.29, 1.82) is 5.26 Å². The van der Waals surface area contributed by atoms with Gasteiger partial charge in [-0.15, -0.1) is 0 Å². The Kier molecular flexibility index (Phi) is 6.37. The normalized spacial score (nSPS) is 13.4. The maximum absolute atomic E-state index is 13.8. The largest absolute Gasteiger partial charge is 0.497 e. The number of piperazine rings is 1. The Hall–Kier alpha value is -4.64. The number of benzene rings is 2. The first-order valence-electron chi connectivity index (χ1n) is 11.8. The molecule has 1 aliphatic rings. The number of hydrogen-bond acceptors (Lipinski definition) is 6. The Labute approximate surface area is 210 Å². The molecule has 3 heterocycles. The van der Waals surface area contributed by atoms with Gasteiger partial charge in [0.15, 0.2) is 0 Å². The maximum atomic E-state index is 13.8. The summed E-state index contributed by atoms with van der Waals surface area (Å²) in [5, 5.41) is 14.2. The van der Waals surface area contributed by atoms with Crippen LogP contribution in [0.4, 0.5) is 5.82 Å². The summed E-state index contributed by atoms with van der Waals surface area (Å²) in [6, 6.07) is 21.3. The lowest BCUT2D eigenvalue weighted by Gasteiger charge is -2.35. The molecule has 1 fully saturated rings. The number of hydrogen-bond donors (Lipinski definition) is 0. The number of aromatic nitrogens is 3. The van der Waals surface area contributed by atoms with E-state index in [4.69, 9.17) is 9.84 Å². The lowest BCUT2D eigenvalue weighted by molar-refractivity contribution is 0.0747. The number of carbonyl (C=O) groups excluding carboxylic acids is 1. The lowest BCUT2D eigenvalue weighted by Crippen LogP contribution is -2.49. The maximum Gasteiger partial charge on any atom is 0.257 e. The van der Waals surface area contributed by atoms with E-state index >= 15 is 0 Å². The van der Waals surface area contributed by atoms with Gasteiger partial charge in [0.05, 0.1) is 23.9 Å². The van der Waals surface area contributed by atoms with Crippen LogP contribution in [0.15, 0.2) is 73.1 Å². The van der Waals surface area contributed by atoms with Gasteiger partial charge in [-0.1, -0.05) is 29.8 Å². The first kappa shape index (κ1) is 23.1. The van der Waals surface area contributed by atoms with Gasteiger partial charge in [0.1, 0.15) is 23.3 Å². The molecule has 0 bridgehead atoms. The number of amides is 1. The van der Waals surface area contributed by atoms with Crippen molar-refractivity contribution in [3.8, 4) is 28.8 Å². The number of nitrogens with zero attached hydrogens (tertiary/aromatic N) is 6. The fourth-order valence-corrected chi connectivity index (χ4v) is 4.37. The summed E-state index contributed by atoms with van der Waals surface area (Å²) in [6.07, 6.45) is 3.49. The van der Waals surface area contributed by atoms with E-state index in [-0.39, 0.29) is 5.91 Å². The molecular weight excluding hydrogens is 452 g/mol. The van der Waals surface area contributed by atoms with Crippen LogP contribution in [0.1, 0.15) is 21.5 Å². The number of aryl methyl sites for hydroxylation is 1. The molecule has 5 rings (SSSR count). The first-order chi connectivity index (χ1) is 17.6. The highest BCUT2D eigenvalue weighted by molar-refractivity contribution is 6.00. The summed E-state index contributed by atoms with van der Waals surface area (Å²) in [5.74, 6) is 1.29. The van der Waals surface area contributed by atoms with Crippen LogP contribution in [0.3, 0.4) is 0 Å². The number of methoxy groups -OCH3 is 1. The zero-order valence-corrected chi connectivity index (χ0v) is 20.3. The minimum atomic E-state index is -0.0765. The van der Waals surface area contributed by atoms with Gasteiger partial charge in [-0.25, -0.2) is 9.67 Å². The van der Waals surface area contributed by atoms with Crippen molar-refractivity contribution >= 4 is 11.7 Å². The summed E-state index contributed by atoms with van der Waals surface area (Å²) < 4.78 is 7.16. The van der Waals surface area contributed by atoms with E-state index in [2.05, 4.69) is 16.0 Å². The molecule has 0 unspecified atom stereocenters. The second kappa shape index (κ2) is 9.92. The third kappa shape index (κ3) is 4.51. The van der Waals surface area contributed by atoms with Gasteiger partial charge in [-0.3, -0.25) is 4.79 Å². The van der Waals surface area contributed by atoms with E-state index < -0.39 is 0 Å². The van der Waals surface area contributed by atoms with Gasteiger partial charge >= 0.3 is 0 Å². The zero-order valence-electron chi connectivity index (χ0n) is 20.3. The van der Waals surface area contributed by atoms with E-state index in [1.165, 1.54) is 0 Å². The standard InChI is InChI=1S/C28H26N6O2/c1-20-8-10-23(11-9-20)34-19-25(26(31-34)21-5-3-7-24(17-21)36-2)28(35)33-15-13-32(14-16-33)27-22(18-29)6-4-12-30-27/h3-12,17,19H,13-16H2,1-2H3. The average Bonchev–Trinajstić information content (AvgIpc) is 3.39. The van der Waals surface area contributed by atoms with Crippen LogP contribution >= 0.6 is 0 Å². The predicted octanol–water partition coefficient (Wildman–Crippen LogP) is 4.09. The number of ether oxygens (including phenoxy) is 1. The molecule has 0 atom stereocenters. The summed E-state index contributed by atoms with van der Waals surface area (Å²) in [7, 11) is 1.62. The molecule has 4 aromatic rings. The Morgan fingerprint density at radius 2 is 1.81 bits per heavy atom. The quantitative estimate of drug-likeness (QED) is 0.430. The van der Waals surface area contributed by atoms with Gasteiger partial charge in [0.25, 0.3) is 5.91 Å². The van der Waals surface area contributed by atoms with Crippen LogP contribution < -0.4 is 9.64 Å². The average molecular weight is 479 g/mol. The minimum Gasteiger partial charge on any atom is -0.497 e. The van der Waals surface area contributed by atoms with E-state index in [0.29, 0.717) is 54.6 Å². The van der Waals surface area contributed by atoms with Crippen LogP contribution in [0.5, 0.6) is 5.75 Å². The van der Waals surface area contributed by atoms with E-state index in [9.17, 15) is 10.1 Å². The molecular formula is C28H26N6O2. The molecule has 36 heavy (non-hydrogen) atoms. The highest BCUT2D eigenvalue weighted by Gasteiger charge is 2.28. The van der Waals surface area contributed by atoms with Crippen molar-refractivity contribution < 1.29 is 9.53 Å². The second-order valence-corrected chi connectivity index (χ2v) is 8.67. The molecule has 8 heteroatoms. The summed E-state index contributed by atoms with van der Waals surface area (Å²) in [4.78, 5) is 22.1. The van der Waals surface area contributed by atoms with E-state index in [1.807, 2.05) is 60.4 Å². The molecule has 180 valence electrons. The molecule has 0 N–H and O–H groups in total. The number of nitriles is 1. The molecule has 0 aliphatic carbocycles. The van der Waals surface area contributed by atoms with Crippen LogP contribution in [-0.2, 0) is 0 Å². The number of pyridine rings is 1. The molecule has 0 spiro atoms. The van der Waals surface area contributed by atoms with Crippen molar-refractivity contribution in [3.05, 3.63) is 89.7 Å². The topological polar surface area (TPSA) is 87.3 Å². The lowest BCUT2D eigenvalue weighted by atomic mass is 10.1. The van der Waals surface area contributed by atoms with Crippen molar-refractivity contribution in [2.24, 2.45) is 0 Å². The fraction of sp³-hybridized carbons (Fsp3) is 0.214. The summed E-state index contributed by atoms with van der Waals surface area (Å²) in [6.45, 7) is 4.27. The fourth-order valence-electron chi connectivity index (χ4n) is 4.37. The Morgan fingerprint density at radius 3 is 2.53 bits per heavy atom. The summed E-state index contributed by atoms with van der Waals surface area (Å²) in [5.41, 5.74) is 4.53. The minimum absolute atomic E-state index is 0.0765. The Morgan fingerprint density at radius 1 is 1.03 bits per heavy atom. The molecule has 0 saturated carbocycles. The Balaban J connectivity index is 1.45. The number of carbonyl (C=O) groups is 1. The van der Waals surface area contributed by atoms with Crippen molar-refractivity contribution in [2.75, 3.05) is 38.2 Å². The third-order valence-electron chi connectivity index (χ3n) is 6.36. The van der Waals surface area contributed by atoms with E-state index in [1.54, 1.807) is 36.3 Å².